The minimum atomic E-state index is -4.38. The van der Waals surface area contributed by atoms with Gasteiger partial charge in [-0.15, -0.1) is 0 Å². The highest BCUT2D eigenvalue weighted by molar-refractivity contribution is 7.89. The van der Waals surface area contributed by atoms with Gasteiger partial charge in [0.1, 0.15) is 12.3 Å². The van der Waals surface area contributed by atoms with E-state index in [9.17, 15) is 21.6 Å². The van der Waals surface area contributed by atoms with Gasteiger partial charge in [-0.1, -0.05) is 0 Å². The Balaban J connectivity index is 1.82. The highest BCUT2D eigenvalue weighted by Gasteiger charge is 2.32. The number of methoxy groups -OCH3 is 1. The van der Waals surface area contributed by atoms with Crippen LogP contribution in [0.1, 0.15) is 30.1 Å². The van der Waals surface area contributed by atoms with Gasteiger partial charge in [0, 0.05) is 6.20 Å². The van der Waals surface area contributed by atoms with Crippen molar-refractivity contribution in [3.63, 3.8) is 0 Å². The van der Waals surface area contributed by atoms with Gasteiger partial charge in [-0.25, -0.2) is 13.1 Å². The molecule has 0 radical (unpaired) electrons. The molecule has 2 aromatic rings. The maximum atomic E-state index is 12.6. The minimum absolute atomic E-state index is 0.0557. The largest absolute Gasteiger partial charge is 0.497 e. The molecule has 1 aromatic heterocycles. The lowest BCUT2D eigenvalue weighted by Gasteiger charge is -2.22. The van der Waals surface area contributed by atoms with E-state index in [-0.39, 0.29) is 4.90 Å². The number of alkyl halides is 3. The molecule has 26 heavy (non-hydrogen) atoms. The third-order valence-electron chi connectivity index (χ3n) is 4.15. The molecule has 0 saturated carbocycles. The second-order valence-electron chi connectivity index (χ2n) is 6.09. The van der Waals surface area contributed by atoms with Crippen molar-refractivity contribution in [2.24, 2.45) is 0 Å². The van der Waals surface area contributed by atoms with Gasteiger partial charge in [0.15, 0.2) is 0 Å². The first kappa shape index (κ1) is 18.7. The monoisotopic (exact) mass is 389 g/mol. The minimum Gasteiger partial charge on any atom is -0.497 e. The van der Waals surface area contributed by atoms with Crippen LogP contribution in [0.25, 0.3) is 0 Å². The molecule has 0 saturated heterocycles. The molecule has 10 heteroatoms. The summed E-state index contributed by atoms with van der Waals surface area (Å²) in [5, 5.41) is 3.97. The molecule has 1 aromatic carbocycles. The average Bonchev–Trinajstić information content (AvgIpc) is 2.96. The van der Waals surface area contributed by atoms with Crippen LogP contribution >= 0.6 is 0 Å². The molecule has 0 bridgehead atoms. The zero-order chi connectivity index (χ0) is 18.9. The van der Waals surface area contributed by atoms with Gasteiger partial charge in [-0.05, 0) is 49.1 Å². The van der Waals surface area contributed by atoms with Crippen molar-refractivity contribution in [2.45, 2.75) is 42.9 Å². The van der Waals surface area contributed by atoms with E-state index in [1.807, 2.05) is 0 Å². The molecule has 0 aliphatic heterocycles. The number of ether oxygens (including phenoxy) is 1. The first-order valence-electron chi connectivity index (χ1n) is 7.97. The van der Waals surface area contributed by atoms with Crippen LogP contribution in [0.4, 0.5) is 13.2 Å². The topological polar surface area (TPSA) is 73.2 Å². The number of hydrogen-bond acceptors (Lipinski definition) is 4. The summed E-state index contributed by atoms with van der Waals surface area (Å²) < 4.78 is 71.3. The lowest BCUT2D eigenvalue weighted by molar-refractivity contribution is -0.142. The Morgan fingerprint density at radius 2 is 2.00 bits per heavy atom. The molecule has 1 heterocycles. The number of aromatic nitrogens is 2. The molecular weight excluding hydrogens is 371 g/mol. The SMILES string of the molecule is COc1ccc(S(=O)(=O)N[C@@H]2CCCc3cn(CC(F)(F)F)nc32)cc1. The van der Waals surface area contributed by atoms with Gasteiger partial charge < -0.3 is 4.74 Å². The van der Waals surface area contributed by atoms with Crippen LogP contribution in [-0.4, -0.2) is 31.5 Å². The van der Waals surface area contributed by atoms with E-state index in [1.54, 1.807) is 0 Å². The standard InChI is InChI=1S/C16H18F3N3O3S/c1-25-12-5-7-13(8-6-12)26(23,24)21-14-4-2-3-11-9-22(20-15(11)14)10-16(17,18)19/h5-9,14,21H,2-4,10H2,1H3/t14-/m1/s1. The summed E-state index contributed by atoms with van der Waals surface area (Å²) in [6.07, 6.45) is -1.32. The predicted octanol–water partition coefficient (Wildman–Crippen LogP) is 2.81. The van der Waals surface area contributed by atoms with Crippen LogP contribution in [0.3, 0.4) is 0 Å². The summed E-state index contributed by atoms with van der Waals surface area (Å²) in [6.45, 7) is -1.20. The predicted molar refractivity (Wildman–Crippen MR) is 87.3 cm³/mol. The van der Waals surface area contributed by atoms with Crippen molar-refractivity contribution in [1.82, 2.24) is 14.5 Å². The maximum absolute atomic E-state index is 12.6. The average molecular weight is 389 g/mol. The molecule has 1 N–H and O–H groups in total. The number of nitrogens with zero attached hydrogens (tertiary/aromatic N) is 2. The molecule has 142 valence electrons. The van der Waals surface area contributed by atoms with Crippen LogP contribution in [0.2, 0.25) is 0 Å². The quantitative estimate of drug-likeness (QED) is 0.854. The summed E-state index contributed by atoms with van der Waals surface area (Å²) in [7, 11) is -2.36. The van der Waals surface area contributed by atoms with Crippen molar-refractivity contribution in [1.29, 1.82) is 0 Å². The lowest BCUT2D eigenvalue weighted by atomic mass is 9.94. The Bertz CT molecular complexity index is 876. The lowest BCUT2D eigenvalue weighted by Crippen LogP contribution is -2.31. The fourth-order valence-corrected chi connectivity index (χ4v) is 4.22. The van der Waals surface area contributed by atoms with Crippen molar-refractivity contribution in [3.8, 4) is 5.75 Å². The summed E-state index contributed by atoms with van der Waals surface area (Å²) >= 11 is 0. The maximum Gasteiger partial charge on any atom is 0.408 e. The van der Waals surface area contributed by atoms with Gasteiger partial charge in [0.05, 0.1) is 23.7 Å². The number of aryl methyl sites for hydroxylation is 1. The van der Waals surface area contributed by atoms with E-state index in [0.29, 0.717) is 36.3 Å². The zero-order valence-electron chi connectivity index (χ0n) is 14.0. The third kappa shape index (κ3) is 4.18. The third-order valence-corrected chi connectivity index (χ3v) is 5.64. The molecule has 0 spiro atoms. The van der Waals surface area contributed by atoms with E-state index in [2.05, 4.69) is 9.82 Å². The molecule has 0 fully saturated rings. The van der Waals surface area contributed by atoms with Gasteiger partial charge in [0.25, 0.3) is 0 Å². The van der Waals surface area contributed by atoms with Crippen molar-refractivity contribution in [3.05, 3.63) is 41.7 Å². The van der Waals surface area contributed by atoms with Gasteiger partial charge in [-0.2, -0.15) is 18.3 Å². The Hall–Kier alpha value is -2.07. The Labute approximate surface area is 149 Å². The molecule has 1 aliphatic rings. The summed E-state index contributed by atoms with van der Waals surface area (Å²) in [6, 6.07) is 5.22. The van der Waals surface area contributed by atoms with E-state index < -0.39 is 28.8 Å². The van der Waals surface area contributed by atoms with E-state index >= 15 is 0 Å². The Morgan fingerprint density at radius 1 is 1.31 bits per heavy atom. The first-order valence-corrected chi connectivity index (χ1v) is 9.45. The van der Waals surface area contributed by atoms with Crippen LogP contribution in [-0.2, 0) is 23.0 Å². The summed E-state index contributed by atoms with van der Waals surface area (Å²) in [5.74, 6) is 0.523. The fourth-order valence-electron chi connectivity index (χ4n) is 2.99. The number of nitrogens with one attached hydrogen (secondary N) is 1. The Kier molecular flexibility index (Phi) is 4.98. The van der Waals surface area contributed by atoms with Gasteiger partial charge in [-0.3, -0.25) is 4.68 Å². The molecule has 3 rings (SSSR count). The molecule has 6 nitrogen and oxygen atoms in total. The first-order chi connectivity index (χ1) is 12.2. The molecule has 1 atom stereocenters. The highest BCUT2D eigenvalue weighted by Crippen LogP contribution is 2.31. The summed E-state index contributed by atoms with van der Waals surface area (Å²) in [5.41, 5.74) is 1.00. The zero-order valence-corrected chi connectivity index (χ0v) is 14.8. The van der Waals surface area contributed by atoms with Crippen LogP contribution < -0.4 is 9.46 Å². The van der Waals surface area contributed by atoms with Crippen LogP contribution in [0.15, 0.2) is 35.4 Å². The van der Waals surface area contributed by atoms with E-state index in [1.165, 1.54) is 37.6 Å². The second-order valence-corrected chi connectivity index (χ2v) is 7.81. The van der Waals surface area contributed by atoms with E-state index in [0.717, 1.165) is 4.68 Å². The molecule has 0 unspecified atom stereocenters. The smallest absolute Gasteiger partial charge is 0.408 e. The number of fused-ring (bicyclic) bond motifs is 1. The second kappa shape index (κ2) is 6.92. The number of rotatable bonds is 5. The number of sulfonamides is 1. The van der Waals surface area contributed by atoms with Crippen LogP contribution in [0.5, 0.6) is 5.75 Å². The van der Waals surface area contributed by atoms with Gasteiger partial charge in [0.2, 0.25) is 10.0 Å². The van der Waals surface area contributed by atoms with E-state index in [4.69, 9.17) is 4.74 Å². The summed E-state index contributed by atoms with van der Waals surface area (Å²) in [4.78, 5) is 0.0557. The normalized spacial score (nSPS) is 17.8. The number of benzene rings is 1. The van der Waals surface area contributed by atoms with Gasteiger partial charge >= 0.3 is 6.18 Å². The van der Waals surface area contributed by atoms with Crippen molar-refractivity contribution in [2.75, 3.05) is 7.11 Å². The number of halogens is 3. The fraction of sp³-hybridized carbons (Fsp3) is 0.438. The van der Waals surface area contributed by atoms with Crippen molar-refractivity contribution >= 4 is 10.0 Å². The Morgan fingerprint density at radius 3 is 2.62 bits per heavy atom. The highest BCUT2D eigenvalue weighted by atomic mass is 32.2. The van der Waals surface area contributed by atoms with Crippen molar-refractivity contribution < 1.29 is 26.3 Å². The molecular formula is C16H18F3N3O3S. The number of hydrogen-bond donors (Lipinski definition) is 1. The molecule has 0 amide bonds. The molecule has 1 aliphatic carbocycles. The van der Waals surface area contributed by atoms with Crippen LogP contribution in [0, 0.1) is 0 Å².